The molecule has 2 heterocycles. The Labute approximate surface area is 152 Å². The van der Waals surface area contributed by atoms with E-state index < -0.39 is 0 Å². The van der Waals surface area contributed by atoms with E-state index in [4.69, 9.17) is 9.47 Å². The second-order valence-electron chi connectivity index (χ2n) is 5.86. The summed E-state index contributed by atoms with van der Waals surface area (Å²) in [7, 11) is 0. The highest BCUT2D eigenvalue weighted by molar-refractivity contribution is 5.60. The van der Waals surface area contributed by atoms with Crippen LogP contribution in [-0.4, -0.2) is 23.3 Å². The predicted molar refractivity (Wildman–Crippen MR) is 101 cm³/mol. The predicted octanol–water partition coefficient (Wildman–Crippen LogP) is 3.98. The fraction of sp³-hybridized carbons (Fsp3) is 0.200. The van der Waals surface area contributed by atoms with Crippen LogP contribution in [0.2, 0.25) is 0 Å². The van der Waals surface area contributed by atoms with Crippen molar-refractivity contribution in [3.05, 3.63) is 66.4 Å². The molecule has 0 atom stereocenters. The number of nitrogens with zero attached hydrogens (tertiary/aromatic N) is 3. The number of para-hydroxylation sites is 1. The Morgan fingerprint density at radius 3 is 2.73 bits per heavy atom. The molecule has 1 N–H and O–H groups in total. The molecule has 1 aliphatic rings. The van der Waals surface area contributed by atoms with Crippen molar-refractivity contribution in [1.29, 1.82) is 0 Å². The van der Waals surface area contributed by atoms with Gasteiger partial charge >= 0.3 is 0 Å². The summed E-state index contributed by atoms with van der Waals surface area (Å²) in [6.45, 7) is 3.82. The van der Waals surface area contributed by atoms with Gasteiger partial charge in [0, 0.05) is 25.0 Å². The second kappa shape index (κ2) is 7.31. The molecule has 4 rings (SSSR count). The zero-order valence-corrected chi connectivity index (χ0v) is 14.6. The van der Waals surface area contributed by atoms with Crippen LogP contribution < -0.4 is 19.7 Å². The van der Waals surface area contributed by atoms with Crippen molar-refractivity contribution in [1.82, 2.24) is 9.97 Å². The minimum absolute atomic E-state index is 0.281. The van der Waals surface area contributed by atoms with Crippen LogP contribution in [0.1, 0.15) is 12.5 Å². The third-order valence-corrected chi connectivity index (χ3v) is 4.19. The molecule has 6 nitrogen and oxygen atoms in total. The normalized spacial score (nSPS) is 12.0. The first-order valence-electron chi connectivity index (χ1n) is 8.61. The summed E-state index contributed by atoms with van der Waals surface area (Å²) in [6.07, 6.45) is 1.77. The Morgan fingerprint density at radius 1 is 1.04 bits per heavy atom. The maximum absolute atomic E-state index is 5.42. The van der Waals surface area contributed by atoms with Gasteiger partial charge in [-0.3, -0.25) is 0 Å². The van der Waals surface area contributed by atoms with Crippen LogP contribution in [0.3, 0.4) is 0 Å². The first kappa shape index (κ1) is 16.2. The molecule has 0 saturated heterocycles. The maximum Gasteiger partial charge on any atom is 0.231 e. The van der Waals surface area contributed by atoms with Crippen molar-refractivity contribution < 1.29 is 9.47 Å². The Hall–Kier alpha value is -3.28. The summed E-state index contributed by atoms with van der Waals surface area (Å²) >= 11 is 0. The molecule has 26 heavy (non-hydrogen) atoms. The van der Waals surface area contributed by atoms with E-state index in [9.17, 15) is 0 Å². The highest BCUT2D eigenvalue weighted by Gasteiger charge is 2.13. The van der Waals surface area contributed by atoms with Crippen LogP contribution in [0.15, 0.2) is 60.8 Å². The molecule has 2 aromatic carbocycles. The number of benzene rings is 2. The third-order valence-electron chi connectivity index (χ3n) is 4.19. The number of fused-ring (bicyclic) bond motifs is 1. The van der Waals surface area contributed by atoms with E-state index in [-0.39, 0.29) is 6.79 Å². The third kappa shape index (κ3) is 3.39. The molecule has 0 amide bonds. The fourth-order valence-corrected chi connectivity index (χ4v) is 2.90. The summed E-state index contributed by atoms with van der Waals surface area (Å²) < 4.78 is 10.8. The summed E-state index contributed by atoms with van der Waals surface area (Å²) in [5, 5.41) is 3.28. The molecule has 3 aromatic rings. The summed E-state index contributed by atoms with van der Waals surface area (Å²) in [4.78, 5) is 11.1. The monoisotopic (exact) mass is 348 g/mol. The summed E-state index contributed by atoms with van der Waals surface area (Å²) in [6, 6.07) is 18.0. The van der Waals surface area contributed by atoms with E-state index in [0.717, 1.165) is 35.1 Å². The lowest BCUT2D eigenvalue weighted by molar-refractivity contribution is 0.174. The van der Waals surface area contributed by atoms with E-state index in [1.807, 2.05) is 42.5 Å². The van der Waals surface area contributed by atoms with Crippen LogP contribution in [0.5, 0.6) is 11.5 Å². The standard InChI is InChI=1S/C20H20N4O2/c1-2-24(16-6-4-3-5-7-16)19-10-11-21-20(23-19)22-13-15-8-9-17-18(12-15)26-14-25-17/h3-12H,2,13-14H2,1H3,(H,21,22,23). The van der Waals surface area contributed by atoms with Gasteiger partial charge in [-0.15, -0.1) is 0 Å². The van der Waals surface area contributed by atoms with Crippen LogP contribution >= 0.6 is 0 Å². The van der Waals surface area contributed by atoms with Crippen LogP contribution in [-0.2, 0) is 6.54 Å². The largest absolute Gasteiger partial charge is 0.454 e. The van der Waals surface area contributed by atoms with Crippen molar-refractivity contribution >= 4 is 17.5 Å². The highest BCUT2D eigenvalue weighted by Crippen LogP contribution is 2.32. The minimum atomic E-state index is 0.281. The maximum atomic E-state index is 5.42. The van der Waals surface area contributed by atoms with Crippen molar-refractivity contribution in [2.45, 2.75) is 13.5 Å². The van der Waals surface area contributed by atoms with Crippen molar-refractivity contribution in [2.24, 2.45) is 0 Å². The van der Waals surface area contributed by atoms with Crippen LogP contribution in [0.25, 0.3) is 0 Å². The second-order valence-corrected chi connectivity index (χ2v) is 5.86. The Morgan fingerprint density at radius 2 is 1.88 bits per heavy atom. The lowest BCUT2D eigenvalue weighted by Gasteiger charge is -2.22. The molecule has 1 aliphatic heterocycles. The Balaban J connectivity index is 1.49. The minimum Gasteiger partial charge on any atom is -0.454 e. The molecule has 0 aliphatic carbocycles. The summed E-state index contributed by atoms with van der Waals surface area (Å²) in [5.74, 6) is 3.02. The molecule has 0 saturated carbocycles. The summed E-state index contributed by atoms with van der Waals surface area (Å²) in [5.41, 5.74) is 2.19. The molecule has 0 radical (unpaired) electrons. The van der Waals surface area contributed by atoms with Gasteiger partial charge in [0.15, 0.2) is 11.5 Å². The van der Waals surface area contributed by atoms with E-state index in [2.05, 4.69) is 39.2 Å². The van der Waals surface area contributed by atoms with Crippen molar-refractivity contribution in [3.8, 4) is 11.5 Å². The number of aromatic nitrogens is 2. The van der Waals surface area contributed by atoms with Gasteiger partial charge < -0.3 is 19.7 Å². The first-order chi connectivity index (χ1) is 12.8. The van der Waals surface area contributed by atoms with E-state index in [1.54, 1.807) is 6.20 Å². The molecular weight excluding hydrogens is 328 g/mol. The van der Waals surface area contributed by atoms with Gasteiger partial charge in [-0.2, -0.15) is 4.98 Å². The van der Waals surface area contributed by atoms with Crippen molar-refractivity contribution in [2.75, 3.05) is 23.6 Å². The van der Waals surface area contributed by atoms with E-state index in [0.29, 0.717) is 12.5 Å². The number of hydrogen-bond acceptors (Lipinski definition) is 6. The molecule has 132 valence electrons. The van der Waals surface area contributed by atoms with Crippen molar-refractivity contribution in [3.63, 3.8) is 0 Å². The topological polar surface area (TPSA) is 59.5 Å². The average Bonchev–Trinajstić information content (AvgIpc) is 3.16. The molecule has 6 heteroatoms. The van der Waals surface area contributed by atoms with Gasteiger partial charge in [0.05, 0.1) is 0 Å². The highest BCUT2D eigenvalue weighted by atomic mass is 16.7. The van der Waals surface area contributed by atoms with Crippen LogP contribution in [0, 0.1) is 0 Å². The van der Waals surface area contributed by atoms with E-state index in [1.165, 1.54) is 0 Å². The SMILES string of the molecule is CCN(c1ccccc1)c1ccnc(NCc2ccc3c(c2)OCO3)n1. The number of anilines is 3. The Kier molecular flexibility index (Phi) is 4.55. The fourth-order valence-electron chi connectivity index (χ4n) is 2.90. The van der Waals surface area contributed by atoms with Gasteiger partial charge in [0.2, 0.25) is 12.7 Å². The number of rotatable bonds is 6. The number of ether oxygens (including phenoxy) is 2. The lowest BCUT2D eigenvalue weighted by Crippen LogP contribution is -2.18. The molecule has 0 spiro atoms. The van der Waals surface area contributed by atoms with Crippen LogP contribution in [0.4, 0.5) is 17.5 Å². The zero-order valence-electron chi connectivity index (χ0n) is 14.6. The smallest absolute Gasteiger partial charge is 0.231 e. The molecular formula is C20H20N4O2. The van der Waals surface area contributed by atoms with Gasteiger partial charge in [0.1, 0.15) is 5.82 Å². The quantitative estimate of drug-likeness (QED) is 0.727. The van der Waals surface area contributed by atoms with Gasteiger partial charge in [-0.1, -0.05) is 24.3 Å². The lowest BCUT2D eigenvalue weighted by atomic mass is 10.2. The molecule has 0 bridgehead atoms. The average molecular weight is 348 g/mol. The van der Waals surface area contributed by atoms with Gasteiger partial charge in [-0.05, 0) is 42.8 Å². The van der Waals surface area contributed by atoms with E-state index >= 15 is 0 Å². The first-order valence-corrected chi connectivity index (χ1v) is 8.61. The number of hydrogen-bond donors (Lipinski definition) is 1. The number of nitrogens with one attached hydrogen (secondary N) is 1. The Bertz CT molecular complexity index is 886. The molecule has 1 aromatic heterocycles. The zero-order chi connectivity index (χ0) is 17.8. The van der Waals surface area contributed by atoms with Gasteiger partial charge in [0.25, 0.3) is 0 Å². The molecule has 0 fully saturated rings. The molecule has 0 unspecified atom stereocenters. The van der Waals surface area contributed by atoms with Gasteiger partial charge in [-0.25, -0.2) is 4.98 Å².